The minimum Gasteiger partial charge on any atom is -0.759 e. The molecule has 3 rings (SSSR count). The van der Waals surface area contributed by atoms with E-state index in [4.69, 9.17) is 33.9 Å². The zero-order chi connectivity index (χ0) is 20.9. The number of fused-ring (bicyclic) bond motifs is 2. The Morgan fingerprint density at radius 1 is 1.14 bits per heavy atom. The van der Waals surface area contributed by atoms with Gasteiger partial charge in [0.2, 0.25) is 0 Å². The van der Waals surface area contributed by atoms with E-state index in [1.54, 1.807) is 18.9 Å². The maximum absolute atomic E-state index is 8.52. The van der Waals surface area contributed by atoms with Gasteiger partial charge in [-0.05, 0) is 55.4 Å². The van der Waals surface area contributed by atoms with Crippen LogP contribution in [0.1, 0.15) is 17.5 Å². The summed E-state index contributed by atoms with van der Waals surface area (Å²) in [6.45, 7) is 1.03. The van der Waals surface area contributed by atoms with Crippen molar-refractivity contribution < 1.29 is 22.3 Å². The molecule has 0 N–H and O–H groups in total. The summed E-state index contributed by atoms with van der Waals surface area (Å²) < 4.78 is 39.5. The van der Waals surface area contributed by atoms with Crippen LogP contribution in [0.4, 0.5) is 0 Å². The summed E-state index contributed by atoms with van der Waals surface area (Å²) in [5.41, 5.74) is 3.74. The maximum atomic E-state index is 8.52. The third kappa shape index (κ3) is 6.51. The standard InChI is InChI=1S/C19H20ClNOS.H2O4S/c1-21(2)10-6-8-13-14-7-4-5-9-18(14)23-19-12-17(22-3)16(20)11-15(13)19;1-5(2,3)4/h4-5,7-9,11-12H,6,10H2,1-3H3;(H2,1,2,3,4)/p-2/b13-8+;. The minimum atomic E-state index is -5.17. The molecule has 0 radical (unpaired) electrons. The van der Waals surface area contributed by atoms with Crippen molar-refractivity contribution in [3.63, 3.8) is 0 Å². The summed E-state index contributed by atoms with van der Waals surface area (Å²) in [4.78, 5) is 4.67. The topological polar surface area (TPSA) is 92.7 Å². The van der Waals surface area contributed by atoms with Crippen molar-refractivity contribution >= 4 is 39.3 Å². The van der Waals surface area contributed by atoms with E-state index in [2.05, 4.69) is 49.3 Å². The molecular weight excluding hydrogens is 422 g/mol. The molecule has 1 aliphatic heterocycles. The number of ether oxygens (including phenoxy) is 1. The van der Waals surface area contributed by atoms with Gasteiger partial charge in [-0.15, -0.1) is 0 Å². The lowest BCUT2D eigenvalue weighted by atomic mass is 9.96. The van der Waals surface area contributed by atoms with Gasteiger partial charge in [0.1, 0.15) is 5.75 Å². The Bertz CT molecular complexity index is 966. The number of hydrogen-bond acceptors (Lipinski definition) is 7. The predicted octanol–water partition coefficient (Wildman–Crippen LogP) is 3.86. The summed E-state index contributed by atoms with van der Waals surface area (Å²) in [5.74, 6) is 0.727. The van der Waals surface area contributed by atoms with Gasteiger partial charge in [-0.1, -0.05) is 47.6 Å². The third-order valence-electron chi connectivity index (χ3n) is 3.87. The summed E-state index contributed by atoms with van der Waals surface area (Å²) in [7, 11) is 0.681. The second-order valence-corrected chi connectivity index (χ2v) is 8.51. The highest BCUT2D eigenvalue weighted by Crippen LogP contribution is 2.48. The zero-order valence-corrected chi connectivity index (χ0v) is 18.0. The average Bonchev–Trinajstić information content (AvgIpc) is 2.59. The van der Waals surface area contributed by atoms with Crippen LogP contribution in [0.3, 0.4) is 0 Å². The Hall–Kier alpha value is -1.55. The molecule has 0 aromatic heterocycles. The van der Waals surface area contributed by atoms with Crippen molar-refractivity contribution in [1.82, 2.24) is 4.90 Å². The van der Waals surface area contributed by atoms with Crippen LogP contribution in [0.2, 0.25) is 5.02 Å². The van der Waals surface area contributed by atoms with E-state index in [1.807, 2.05) is 12.1 Å². The lowest BCUT2D eigenvalue weighted by molar-refractivity contribution is 0.352. The summed E-state index contributed by atoms with van der Waals surface area (Å²) in [5, 5.41) is 0.657. The van der Waals surface area contributed by atoms with Crippen molar-refractivity contribution in [3.8, 4) is 5.75 Å². The lowest BCUT2D eigenvalue weighted by Crippen LogP contribution is -2.12. The molecule has 6 nitrogen and oxygen atoms in total. The van der Waals surface area contributed by atoms with Gasteiger partial charge >= 0.3 is 0 Å². The highest BCUT2D eigenvalue weighted by molar-refractivity contribution is 7.99. The van der Waals surface area contributed by atoms with Gasteiger partial charge in [0.15, 0.2) is 0 Å². The molecule has 0 aliphatic carbocycles. The fourth-order valence-electron chi connectivity index (χ4n) is 2.71. The Labute approximate surface area is 174 Å². The quantitative estimate of drug-likeness (QED) is 0.448. The highest BCUT2D eigenvalue weighted by Gasteiger charge is 2.22. The molecular formula is C19H20ClNO5S2-2. The van der Waals surface area contributed by atoms with Gasteiger partial charge in [-0.2, -0.15) is 0 Å². The Morgan fingerprint density at radius 2 is 1.79 bits per heavy atom. The Morgan fingerprint density at radius 3 is 2.39 bits per heavy atom. The van der Waals surface area contributed by atoms with Crippen LogP contribution in [-0.2, 0) is 10.4 Å². The van der Waals surface area contributed by atoms with Crippen molar-refractivity contribution in [2.45, 2.75) is 16.2 Å². The van der Waals surface area contributed by atoms with E-state index in [0.29, 0.717) is 5.02 Å². The first-order valence-electron chi connectivity index (χ1n) is 8.27. The predicted molar refractivity (Wildman–Crippen MR) is 109 cm³/mol. The fraction of sp³-hybridized carbons (Fsp3) is 0.263. The van der Waals surface area contributed by atoms with Crippen LogP contribution >= 0.6 is 23.4 Å². The number of halogens is 1. The molecule has 9 heteroatoms. The molecule has 152 valence electrons. The monoisotopic (exact) mass is 441 g/mol. The molecule has 0 unspecified atom stereocenters. The number of methoxy groups -OCH3 is 1. The molecule has 2 aromatic carbocycles. The van der Waals surface area contributed by atoms with Gasteiger partial charge in [0.05, 0.1) is 12.1 Å². The van der Waals surface area contributed by atoms with Crippen LogP contribution in [0.15, 0.2) is 52.3 Å². The summed E-state index contributed by atoms with van der Waals surface area (Å²) in [6.07, 6.45) is 3.32. The molecule has 0 amide bonds. The van der Waals surface area contributed by atoms with Crippen molar-refractivity contribution in [2.24, 2.45) is 0 Å². The van der Waals surface area contributed by atoms with E-state index in [1.165, 1.54) is 26.5 Å². The molecule has 0 spiro atoms. The van der Waals surface area contributed by atoms with Crippen molar-refractivity contribution in [1.29, 1.82) is 0 Å². The molecule has 28 heavy (non-hydrogen) atoms. The lowest BCUT2D eigenvalue weighted by Gasteiger charge is -2.23. The van der Waals surface area contributed by atoms with Crippen molar-refractivity contribution in [3.05, 3.63) is 58.6 Å². The van der Waals surface area contributed by atoms with E-state index in [9.17, 15) is 0 Å². The van der Waals surface area contributed by atoms with Gasteiger partial charge < -0.3 is 18.7 Å². The van der Waals surface area contributed by atoms with Crippen LogP contribution < -0.4 is 4.74 Å². The smallest absolute Gasteiger partial charge is 0.138 e. The Kier molecular flexibility index (Phi) is 7.94. The zero-order valence-electron chi connectivity index (χ0n) is 15.6. The molecule has 1 aliphatic rings. The van der Waals surface area contributed by atoms with Crippen molar-refractivity contribution in [2.75, 3.05) is 27.7 Å². The van der Waals surface area contributed by atoms with Crippen LogP contribution in [0.25, 0.3) is 5.57 Å². The van der Waals surface area contributed by atoms with Gasteiger partial charge in [-0.25, -0.2) is 0 Å². The van der Waals surface area contributed by atoms with Gasteiger partial charge in [0.25, 0.3) is 0 Å². The molecule has 2 aromatic rings. The number of hydrogen-bond donors (Lipinski definition) is 0. The SMILES string of the molecule is COc1cc2c(cc1Cl)/C(=C/CCN(C)C)c1ccccc1S2.O=S(=O)([O-])[O-]. The molecule has 0 saturated carbocycles. The van der Waals surface area contributed by atoms with Crippen LogP contribution in [0.5, 0.6) is 5.75 Å². The summed E-state index contributed by atoms with van der Waals surface area (Å²) >= 11 is 8.14. The third-order valence-corrected chi connectivity index (χ3v) is 5.30. The molecule has 1 heterocycles. The van der Waals surface area contributed by atoms with Crippen LogP contribution in [0, 0.1) is 0 Å². The number of nitrogens with zero attached hydrogens (tertiary/aromatic N) is 1. The molecule has 0 bridgehead atoms. The Balaban J connectivity index is 0.000000500. The molecule has 0 saturated heterocycles. The number of rotatable bonds is 4. The van der Waals surface area contributed by atoms with E-state index in [-0.39, 0.29) is 0 Å². The second-order valence-electron chi connectivity index (χ2n) is 6.20. The van der Waals surface area contributed by atoms with Gasteiger partial charge in [0, 0.05) is 26.7 Å². The average molecular weight is 442 g/mol. The molecule has 0 fully saturated rings. The first kappa shape index (κ1) is 22.7. The largest absolute Gasteiger partial charge is 0.759 e. The van der Waals surface area contributed by atoms with E-state index >= 15 is 0 Å². The first-order chi connectivity index (χ1) is 13.1. The minimum absolute atomic E-state index is 0.657. The second kappa shape index (κ2) is 9.78. The highest BCUT2D eigenvalue weighted by atomic mass is 35.5. The first-order valence-corrected chi connectivity index (χ1v) is 10.8. The maximum Gasteiger partial charge on any atom is 0.138 e. The normalized spacial score (nSPS) is 14.2. The van der Waals surface area contributed by atoms with Crippen LogP contribution in [-0.4, -0.2) is 50.2 Å². The summed E-state index contributed by atoms with van der Waals surface area (Å²) in [6, 6.07) is 12.6. The van der Waals surface area contributed by atoms with E-state index < -0.39 is 10.4 Å². The number of benzene rings is 2. The fourth-order valence-corrected chi connectivity index (χ4v) is 4.07. The van der Waals surface area contributed by atoms with Gasteiger partial charge in [-0.3, -0.25) is 8.42 Å². The van der Waals surface area contributed by atoms with E-state index in [0.717, 1.165) is 18.7 Å². The molecule has 0 atom stereocenters.